The summed E-state index contributed by atoms with van der Waals surface area (Å²) in [6.07, 6.45) is 1.57. The molecule has 1 aromatic carbocycles. The van der Waals surface area contributed by atoms with E-state index < -0.39 is 4.92 Å². The van der Waals surface area contributed by atoms with Crippen molar-refractivity contribution in [3.8, 4) is 17.4 Å². The minimum Gasteiger partial charge on any atom is -0.490 e. The van der Waals surface area contributed by atoms with Crippen LogP contribution in [0.5, 0.6) is 17.4 Å². The molecule has 0 saturated carbocycles. The highest BCUT2D eigenvalue weighted by atomic mass is 16.6. The molecule has 0 saturated heterocycles. The summed E-state index contributed by atoms with van der Waals surface area (Å²) < 4.78 is 10.6. The third-order valence-electron chi connectivity index (χ3n) is 2.85. The Morgan fingerprint density at radius 2 is 2.14 bits per heavy atom. The lowest BCUT2D eigenvalue weighted by Crippen LogP contribution is -2.07. The maximum Gasteiger partial charge on any atom is 0.314 e. The van der Waals surface area contributed by atoms with Crippen molar-refractivity contribution < 1.29 is 14.4 Å². The van der Waals surface area contributed by atoms with Crippen molar-refractivity contribution in [2.24, 2.45) is 5.73 Å². The van der Waals surface area contributed by atoms with Crippen molar-refractivity contribution in [1.29, 1.82) is 0 Å². The van der Waals surface area contributed by atoms with Crippen LogP contribution >= 0.6 is 0 Å². The number of hydrogen-bond donors (Lipinski definition) is 1. The summed E-state index contributed by atoms with van der Waals surface area (Å²) in [6, 6.07) is 7.63. The summed E-state index contributed by atoms with van der Waals surface area (Å²) >= 11 is 0. The molecule has 0 amide bonds. The number of pyridine rings is 1. The van der Waals surface area contributed by atoms with Gasteiger partial charge in [0.15, 0.2) is 5.75 Å². The third kappa shape index (κ3) is 3.26. The summed E-state index contributed by atoms with van der Waals surface area (Å²) in [5.41, 5.74) is 6.39. The number of nitro groups is 1. The van der Waals surface area contributed by atoms with Crippen molar-refractivity contribution in [2.45, 2.75) is 13.0 Å². The fourth-order valence-corrected chi connectivity index (χ4v) is 1.82. The predicted octanol–water partition coefficient (Wildman–Crippen LogP) is 2.81. The van der Waals surface area contributed by atoms with Gasteiger partial charge in [-0.05, 0) is 25.1 Å². The lowest BCUT2D eigenvalue weighted by atomic mass is 10.1. The van der Waals surface area contributed by atoms with Crippen molar-refractivity contribution in [2.75, 3.05) is 7.11 Å². The van der Waals surface area contributed by atoms with Crippen LogP contribution in [0, 0.1) is 10.1 Å². The van der Waals surface area contributed by atoms with Gasteiger partial charge >= 0.3 is 5.69 Å². The van der Waals surface area contributed by atoms with Crippen LogP contribution in [0.25, 0.3) is 0 Å². The standard InChI is InChI=1S/C14H15N3O4/c1-9(15)11-4-3-7-16-14(11)21-10-5-6-13(20-2)12(8-10)17(18)19/h3-9H,15H2,1-2H3/t9-/m0/s1. The van der Waals surface area contributed by atoms with Crippen LogP contribution in [-0.2, 0) is 0 Å². The second kappa shape index (κ2) is 6.19. The van der Waals surface area contributed by atoms with Gasteiger partial charge in [-0.2, -0.15) is 0 Å². The number of nitro benzene ring substituents is 1. The van der Waals surface area contributed by atoms with E-state index in [1.54, 1.807) is 31.3 Å². The van der Waals surface area contributed by atoms with Gasteiger partial charge in [-0.15, -0.1) is 0 Å². The van der Waals surface area contributed by atoms with Crippen LogP contribution in [-0.4, -0.2) is 17.0 Å². The molecule has 0 unspecified atom stereocenters. The van der Waals surface area contributed by atoms with Crippen LogP contribution in [0.15, 0.2) is 36.5 Å². The molecule has 0 aliphatic carbocycles. The monoisotopic (exact) mass is 289 g/mol. The molecule has 2 rings (SSSR count). The molecule has 0 aliphatic rings. The van der Waals surface area contributed by atoms with Crippen molar-refractivity contribution >= 4 is 5.69 Å². The Morgan fingerprint density at radius 1 is 1.38 bits per heavy atom. The quantitative estimate of drug-likeness (QED) is 0.671. The van der Waals surface area contributed by atoms with Crippen molar-refractivity contribution in [3.05, 3.63) is 52.2 Å². The van der Waals surface area contributed by atoms with Crippen LogP contribution < -0.4 is 15.2 Å². The average Bonchev–Trinajstić information content (AvgIpc) is 2.47. The number of rotatable bonds is 5. The minimum absolute atomic E-state index is 0.167. The normalized spacial score (nSPS) is 11.8. The summed E-state index contributed by atoms with van der Waals surface area (Å²) in [5, 5.41) is 11.0. The molecular formula is C14H15N3O4. The Hall–Kier alpha value is -2.67. The zero-order valence-electron chi connectivity index (χ0n) is 11.6. The fraction of sp³-hybridized carbons (Fsp3) is 0.214. The van der Waals surface area contributed by atoms with Gasteiger partial charge in [-0.25, -0.2) is 4.98 Å². The highest BCUT2D eigenvalue weighted by molar-refractivity contribution is 5.51. The Kier molecular flexibility index (Phi) is 4.34. The van der Waals surface area contributed by atoms with Gasteiger partial charge in [0.25, 0.3) is 0 Å². The van der Waals surface area contributed by atoms with Gasteiger partial charge in [-0.3, -0.25) is 10.1 Å². The number of ether oxygens (including phenoxy) is 2. The molecule has 2 N–H and O–H groups in total. The number of aromatic nitrogens is 1. The van der Waals surface area contributed by atoms with E-state index in [0.717, 1.165) is 5.56 Å². The number of hydrogen-bond acceptors (Lipinski definition) is 6. The van der Waals surface area contributed by atoms with Crippen LogP contribution in [0.4, 0.5) is 5.69 Å². The lowest BCUT2D eigenvalue weighted by molar-refractivity contribution is -0.385. The van der Waals surface area contributed by atoms with E-state index in [-0.39, 0.29) is 17.5 Å². The molecule has 0 bridgehead atoms. The van der Waals surface area contributed by atoms with E-state index in [9.17, 15) is 10.1 Å². The molecule has 21 heavy (non-hydrogen) atoms. The first-order valence-corrected chi connectivity index (χ1v) is 6.23. The molecule has 110 valence electrons. The molecule has 7 heteroatoms. The molecule has 1 atom stereocenters. The van der Waals surface area contributed by atoms with Crippen molar-refractivity contribution in [1.82, 2.24) is 4.98 Å². The van der Waals surface area contributed by atoms with Gasteiger partial charge in [-0.1, -0.05) is 6.07 Å². The van der Waals surface area contributed by atoms with Gasteiger partial charge in [0.1, 0.15) is 5.75 Å². The maximum absolute atomic E-state index is 11.0. The Morgan fingerprint density at radius 3 is 2.76 bits per heavy atom. The molecular weight excluding hydrogens is 274 g/mol. The Labute approximate surface area is 121 Å². The summed E-state index contributed by atoms with van der Waals surface area (Å²) in [6.45, 7) is 1.81. The minimum atomic E-state index is -0.531. The van der Waals surface area contributed by atoms with E-state index in [4.69, 9.17) is 15.2 Å². The SMILES string of the molecule is COc1ccc(Oc2ncccc2[C@H](C)N)cc1[N+](=O)[O-]. The van der Waals surface area contributed by atoms with Crippen LogP contribution in [0.1, 0.15) is 18.5 Å². The number of benzene rings is 1. The molecule has 0 fully saturated rings. The summed E-state index contributed by atoms with van der Waals surface area (Å²) in [4.78, 5) is 14.6. The molecule has 2 aromatic rings. The van der Waals surface area contributed by atoms with Crippen LogP contribution in [0.3, 0.4) is 0 Å². The second-order valence-electron chi connectivity index (χ2n) is 4.38. The molecule has 1 aromatic heterocycles. The second-order valence-corrected chi connectivity index (χ2v) is 4.38. The van der Waals surface area contributed by atoms with Gasteiger partial charge in [0.05, 0.1) is 18.1 Å². The van der Waals surface area contributed by atoms with E-state index in [1.165, 1.54) is 19.2 Å². The molecule has 7 nitrogen and oxygen atoms in total. The Balaban J connectivity index is 2.37. The first-order chi connectivity index (χ1) is 10.0. The largest absolute Gasteiger partial charge is 0.490 e. The van der Waals surface area contributed by atoms with E-state index in [2.05, 4.69) is 4.98 Å². The van der Waals surface area contributed by atoms with Gasteiger partial charge < -0.3 is 15.2 Å². The van der Waals surface area contributed by atoms with E-state index >= 15 is 0 Å². The lowest BCUT2D eigenvalue weighted by Gasteiger charge is -2.12. The zero-order valence-corrected chi connectivity index (χ0v) is 11.6. The third-order valence-corrected chi connectivity index (χ3v) is 2.85. The van der Waals surface area contributed by atoms with E-state index in [1.807, 2.05) is 0 Å². The summed E-state index contributed by atoms with van der Waals surface area (Å²) in [7, 11) is 1.37. The number of methoxy groups -OCH3 is 1. The average molecular weight is 289 g/mol. The van der Waals surface area contributed by atoms with Gasteiger partial charge in [0.2, 0.25) is 5.88 Å². The highest BCUT2D eigenvalue weighted by Crippen LogP contribution is 2.33. The first kappa shape index (κ1) is 14.7. The molecule has 0 spiro atoms. The van der Waals surface area contributed by atoms with E-state index in [0.29, 0.717) is 11.6 Å². The summed E-state index contributed by atoms with van der Waals surface area (Å²) in [5.74, 6) is 0.788. The molecule has 0 aliphatic heterocycles. The highest BCUT2D eigenvalue weighted by Gasteiger charge is 2.17. The van der Waals surface area contributed by atoms with Crippen molar-refractivity contribution in [3.63, 3.8) is 0 Å². The Bertz CT molecular complexity index is 658. The maximum atomic E-state index is 11.0. The molecule has 0 radical (unpaired) electrons. The topological polar surface area (TPSA) is 101 Å². The molecule has 1 heterocycles. The first-order valence-electron chi connectivity index (χ1n) is 6.23. The smallest absolute Gasteiger partial charge is 0.314 e. The van der Waals surface area contributed by atoms with Crippen LogP contribution in [0.2, 0.25) is 0 Å². The number of nitrogens with two attached hydrogens (primary N) is 1. The predicted molar refractivity (Wildman–Crippen MR) is 76.6 cm³/mol. The van der Waals surface area contributed by atoms with Gasteiger partial charge in [0, 0.05) is 17.8 Å². The fourth-order valence-electron chi connectivity index (χ4n) is 1.82. The zero-order chi connectivity index (χ0) is 15.4. The number of nitrogens with zero attached hydrogens (tertiary/aromatic N) is 2.